The topological polar surface area (TPSA) is 78.9 Å². The number of benzene rings is 1. The van der Waals surface area contributed by atoms with Crippen LogP contribution in [0.2, 0.25) is 0 Å². The van der Waals surface area contributed by atoms with E-state index in [1.807, 2.05) is 0 Å². The Bertz CT molecular complexity index is 709. The Morgan fingerprint density at radius 1 is 1.35 bits per heavy atom. The number of alkyl halides is 3. The highest BCUT2D eigenvalue weighted by Crippen LogP contribution is 2.48. The molecule has 2 atom stereocenters. The van der Waals surface area contributed by atoms with Gasteiger partial charge in [0.25, 0.3) is 0 Å². The van der Waals surface area contributed by atoms with Gasteiger partial charge in [-0.05, 0) is 24.8 Å². The second kappa shape index (κ2) is 6.69. The molecule has 0 bridgehead atoms. The zero-order valence-electron chi connectivity index (χ0n) is 13.9. The number of halogens is 3. The SMILES string of the molecule is O=C(NCc1ccccc1OC(F)(F)F)N1C[C@@H]2CCC[C@@]2(C(=O)O)C1. The molecule has 1 aliphatic heterocycles. The van der Waals surface area contributed by atoms with Crippen molar-refractivity contribution < 1.29 is 32.6 Å². The number of aliphatic carboxylic acids is 1. The molecule has 1 aromatic rings. The Kier molecular flexibility index (Phi) is 4.72. The van der Waals surface area contributed by atoms with Gasteiger partial charge in [-0.15, -0.1) is 13.2 Å². The first kappa shape index (κ1) is 18.3. The average molecular weight is 372 g/mol. The first-order valence-electron chi connectivity index (χ1n) is 8.31. The molecule has 2 aliphatic rings. The van der Waals surface area contributed by atoms with Crippen LogP contribution in [0, 0.1) is 11.3 Å². The highest BCUT2D eigenvalue weighted by Gasteiger charge is 2.55. The van der Waals surface area contributed by atoms with Crippen LogP contribution in [0.1, 0.15) is 24.8 Å². The number of nitrogens with zero attached hydrogens (tertiary/aromatic N) is 1. The van der Waals surface area contributed by atoms with E-state index in [4.69, 9.17) is 0 Å². The summed E-state index contributed by atoms with van der Waals surface area (Å²) in [6.07, 6.45) is -2.69. The number of hydrogen-bond donors (Lipinski definition) is 2. The van der Waals surface area contributed by atoms with Gasteiger partial charge >= 0.3 is 18.4 Å². The van der Waals surface area contributed by atoms with E-state index in [1.54, 1.807) is 6.07 Å². The maximum atomic E-state index is 12.4. The number of fused-ring (bicyclic) bond motifs is 1. The molecule has 1 aromatic carbocycles. The molecule has 1 saturated carbocycles. The molecule has 1 saturated heterocycles. The first-order valence-corrected chi connectivity index (χ1v) is 8.31. The molecule has 142 valence electrons. The van der Waals surface area contributed by atoms with Crippen molar-refractivity contribution in [2.75, 3.05) is 13.1 Å². The smallest absolute Gasteiger partial charge is 0.481 e. The van der Waals surface area contributed by atoms with Gasteiger partial charge in [-0.25, -0.2) is 4.79 Å². The largest absolute Gasteiger partial charge is 0.573 e. The van der Waals surface area contributed by atoms with E-state index >= 15 is 0 Å². The zero-order chi connectivity index (χ0) is 18.9. The molecule has 0 aromatic heterocycles. The van der Waals surface area contributed by atoms with Crippen molar-refractivity contribution in [2.45, 2.75) is 32.2 Å². The van der Waals surface area contributed by atoms with Crippen molar-refractivity contribution >= 4 is 12.0 Å². The molecular formula is C17H19F3N2O4. The number of rotatable bonds is 4. The summed E-state index contributed by atoms with van der Waals surface area (Å²) in [4.78, 5) is 25.5. The molecular weight excluding hydrogens is 353 g/mol. The number of carbonyl (C=O) groups is 2. The molecule has 2 N–H and O–H groups in total. The van der Waals surface area contributed by atoms with E-state index in [2.05, 4.69) is 10.1 Å². The molecule has 2 amide bonds. The molecule has 9 heteroatoms. The van der Waals surface area contributed by atoms with Gasteiger partial charge in [-0.2, -0.15) is 0 Å². The lowest BCUT2D eigenvalue weighted by atomic mass is 9.81. The number of carboxylic acids is 1. The standard InChI is InChI=1S/C17H19F3N2O4/c18-17(19,20)26-13-6-2-1-4-11(13)8-21-15(25)22-9-12-5-3-7-16(12,10-22)14(23)24/h1-2,4,6,12H,3,5,7-10H2,(H,21,25)(H,23,24)/t12-,16+/m0/s1. The Labute approximate surface area is 147 Å². The van der Waals surface area contributed by atoms with Gasteiger partial charge in [0.1, 0.15) is 5.75 Å². The van der Waals surface area contributed by atoms with Crippen molar-refractivity contribution in [3.8, 4) is 5.75 Å². The zero-order valence-corrected chi connectivity index (χ0v) is 13.9. The minimum Gasteiger partial charge on any atom is -0.481 e. The Morgan fingerprint density at radius 3 is 2.73 bits per heavy atom. The molecule has 1 heterocycles. The van der Waals surface area contributed by atoms with E-state index in [0.29, 0.717) is 13.0 Å². The third kappa shape index (κ3) is 3.56. The fourth-order valence-electron chi connectivity index (χ4n) is 3.95. The predicted octanol–water partition coefficient (Wildman–Crippen LogP) is 2.98. The average Bonchev–Trinajstić information content (AvgIpc) is 3.10. The van der Waals surface area contributed by atoms with Crippen LogP contribution in [0.15, 0.2) is 24.3 Å². The van der Waals surface area contributed by atoms with Crippen molar-refractivity contribution in [3.63, 3.8) is 0 Å². The van der Waals surface area contributed by atoms with Crippen LogP contribution in [0.3, 0.4) is 0 Å². The Hall–Kier alpha value is -2.45. The molecule has 2 fully saturated rings. The number of likely N-dealkylation sites (tertiary alicyclic amines) is 1. The number of ether oxygens (including phenoxy) is 1. The summed E-state index contributed by atoms with van der Waals surface area (Å²) in [5.74, 6) is -1.34. The molecule has 0 radical (unpaired) electrons. The van der Waals surface area contributed by atoms with E-state index in [9.17, 15) is 27.9 Å². The summed E-state index contributed by atoms with van der Waals surface area (Å²) >= 11 is 0. The van der Waals surface area contributed by atoms with Crippen LogP contribution in [0.5, 0.6) is 5.75 Å². The van der Waals surface area contributed by atoms with Gasteiger partial charge in [-0.1, -0.05) is 24.6 Å². The highest BCUT2D eigenvalue weighted by molar-refractivity contribution is 5.80. The Balaban J connectivity index is 1.63. The minimum absolute atomic E-state index is 0.0772. The molecule has 0 spiro atoms. The van der Waals surface area contributed by atoms with Crippen LogP contribution < -0.4 is 10.1 Å². The van der Waals surface area contributed by atoms with Gasteiger partial charge < -0.3 is 20.1 Å². The monoisotopic (exact) mass is 372 g/mol. The quantitative estimate of drug-likeness (QED) is 0.852. The number of amides is 2. The first-order chi connectivity index (χ1) is 12.2. The van der Waals surface area contributed by atoms with E-state index < -0.39 is 23.8 Å². The summed E-state index contributed by atoms with van der Waals surface area (Å²) in [7, 11) is 0. The second-order valence-corrected chi connectivity index (χ2v) is 6.75. The number of carboxylic acid groups (broad SMARTS) is 1. The van der Waals surface area contributed by atoms with Crippen LogP contribution in [-0.2, 0) is 11.3 Å². The third-order valence-corrected chi connectivity index (χ3v) is 5.21. The van der Waals surface area contributed by atoms with Crippen LogP contribution in [-0.4, -0.2) is 41.5 Å². The molecule has 26 heavy (non-hydrogen) atoms. The van der Waals surface area contributed by atoms with Crippen LogP contribution >= 0.6 is 0 Å². The normalized spacial score (nSPS) is 25.0. The number of nitrogens with one attached hydrogen (secondary N) is 1. The van der Waals surface area contributed by atoms with Gasteiger partial charge in [-0.3, -0.25) is 4.79 Å². The van der Waals surface area contributed by atoms with Crippen LogP contribution in [0.4, 0.5) is 18.0 Å². The molecule has 6 nitrogen and oxygen atoms in total. The maximum Gasteiger partial charge on any atom is 0.573 e. The summed E-state index contributed by atoms with van der Waals surface area (Å²) in [6.45, 7) is 0.324. The third-order valence-electron chi connectivity index (χ3n) is 5.21. The lowest BCUT2D eigenvalue weighted by molar-refractivity contribution is -0.274. The van der Waals surface area contributed by atoms with Crippen LogP contribution in [0.25, 0.3) is 0 Å². The van der Waals surface area contributed by atoms with Crippen molar-refractivity contribution in [1.29, 1.82) is 0 Å². The lowest BCUT2D eigenvalue weighted by Crippen LogP contribution is -2.41. The number of carbonyl (C=O) groups excluding carboxylic acids is 1. The van der Waals surface area contributed by atoms with E-state index in [0.717, 1.165) is 12.8 Å². The van der Waals surface area contributed by atoms with Gasteiger partial charge in [0.05, 0.1) is 5.41 Å². The van der Waals surface area contributed by atoms with Crippen molar-refractivity contribution in [2.24, 2.45) is 11.3 Å². The van der Waals surface area contributed by atoms with E-state index in [1.165, 1.54) is 23.1 Å². The highest BCUT2D eigenvalue weighted by atomic mass is 19.4. The maximum absolute atomic E-state index is 12.4. The molecule has 1 aliphatic carbocycles. The number of para-hydroxylation sites is 1. The van der Waals surface area contributed by atoms with Gasteiger partial charge in [0.2, 0.25) is 0 Å². The summed E-state index contributed by atoms with van der Waals surface area (Å²) in [5, 5.41) is 12.1. The summed E-state index contributed by atoms with van der Waals surface area (Å²) in [6, 6.07) is 5.07. The second-order valence-electron chi connectivity index (χ2n) is 6.75. The molecule has 3 rings (SSSR count). The summed E-state index contributed by atoms with van der Waals surface area (Å²) < 4.78 is 41.3. The fourth-order valence-corrected chi connectivity index (χ4v) is 3.95. The van der Waals surface area contributed by atoms with Crippen molar-refractivity contribution in [1.82, 2.24) is 10.2 Å². The number of urea groups is 1. The lowest BCUT2D eigenvalue weighted by Gasteiger charge is -2.23. The van der Waals surface area contributed by atoms with Crippen molar-refractivity contribution in [3.05, 3.63) is 29.8 Å². The predicted molar refractivity (Wildman–Crippen MR) is 84.3 cm³/mol. The minimum atomic E-state index is -4.82. The summed E-state index contributed by atoms with van der Waals surface area (Å²) in [5.41, 5.74) is -0.709. The van der Waals surface area contributed by atoms with E-state index in [-0.39, 0.29) is 30.3 Å². The molecule has 0 unspecified atom stereocenters. The van der Waals surface area contributed by atoms with Gasteiger partial charge in [0.15, 0.2) is 0 Å². The number of hydrogen-bond acceptors (Lipinski definition) is 3. The Morgan fingerprint density at radius 2 is 2.08 bits per heavy atom. The van der Waals surface area contributed by atoms with Gasteiger partial charge in [0, 0.05) is 25.2 Å². The fraction of sp³-hybridized carbons (Fsp3) is 0.529.